The molecule has 0 saturated carbocycles. The van der Waals surface area contributed by atoms with Crippen LogP contribution in [-0.4, -0.2) is 42.9 Å². The Labute approximate surface area is 101 Å². The van der Waals surface area contributed by atoms with E-state index in [0.29, 0.717) is 19.3 Å². The molecule has 1 atom stereocenters. The summed E-state index contributed by atoms with van der Waals surface area (Å²) in [6, 6.07) is -0.940. The predicted molar refractivity (Wildman–Crippen MR) is 63.7 cm³/mol. The maximum atomic E-state index is 11.9. The van der Waals surface area contributed by atoms with Crippen molar-refractivity contribution >= 4 is 16.2 Å². The SMILES string of the molecule is C=CCCNS(=O)(=O)N1CCCCC1C(=O)O. The van der Waals surface area contributed by atoms with Crippen molar-refractivity contribution in [1.29, 1.82) is 0 Å². The lowest BCUT2D eigenvalue weighted by Crippen LogP contribution is -2.52. The lowest BCUT2D eigenvalue weighted by atomic mass is 10.1. The lowest BCUT2D eigenvalue weighted by Gasteiger charge is -2.31. The molecular weight excluding hydrogens is 244 g/mol. The zero-order valence-electron chi connectivity index (χ0n) is 9.63. The molecule has 1 heterocycles. The summed E-state index contributed by atoms with van der Waals surface area (Å²) in [6.07, 6.45) is 3.94. The molecule has 1 fully saturated rings. The molecule has 0 radical (unpaired) electrons. The lowest BCUT2D eigenvalue weighted by molar-refractivity contribution is -0.142. The predicted octanol–water partition coefficient (Wildman–Crippen LogP) is 0.336. The molecule has 0 aliphatic carbocycles. The molecule has 0 aromatic rings. The fourth-order valence-corrected chi connectivity index (χ4v) is 3.25. The second kappa shape index (κ2) is 6.13. The van der Waals surface area contributed by atoms with E-state index in [4.69, 9.17) is 5.11 Å². The third kappa shape index (κ3) is 3.79. The molecule has 7 heteroatoms. The molecule has 0 spiro atoms. The first kappa shape index (κ1) is 14.1. The van der Waals surface area contributed by atoms with Gasteiger partial charge in [0.2, 0.25) is 0 Å². The van der Waals surface area contributed by atoms with Gasteiger partial charge >= 0.3 is 5.97 Å². The number of hydrogen-bond donors (Lipinski definition) is 2. The van der Waals surface area contributed by atoms with Crippen LogP contribution in [-0.2, 0) is 15.0 Å². The van der Waals surface area contributed by atoms with Gasteiger partial charge in [0.25, 0.3) is 10.2 Å². The van der Waals surface area contributed by atoms with Gasteiger partial charge in [-0.2, -0.15) is 12.7 Å². The molecule has 1 rings (SSSR count). The first-order valence-corrected chi connectivity index (χ1v) is 7.03. The van der Waals surface area contributed by atoms with E-state index in [1.165, 1.54) is 0 Å². The maximum Gasteiger partial charge on any atom is 0.322 e. The summed E-state index contributed by atoms with van der Waals surface area (Å²) in [6.45, 7) is 4.00. The number of carboxylic acid groups (broad SMARTS) is 1. The minimum absolute atomic E-state index is 0.245. The Morgan fingerprint density at radius 2 is 2.24 bits per heavy atom. The molecule has 1 saturated heterocycles. The molecule has 17 heavy (non-hydrogen) atoms. The normalized spacial score (nSPS) is 22.2. The van der Waals surface area contributed by atoms with Gasteiger partial charge in [0.05, 0.1) is 0 Å². The van der Waals surface area contributed by atoms with Crippen LogP contribution < -0.4 is 4.72 Å². The van der Waals surface area contributed by atoms with Crippen molar-refractivity contribution in [2.24, 2.45) is 0 Å². The van der Waals surface area contributed by atoms with E-state index in [0.717, 1.165) is 10.7 Å². The Balaban J connectivity index is 2.72. The first-order valence-electron chi connectivity index (χ1n) is 5.59. The van der Waals surface area contributed by atoms with Crippen molar-refractivity contribution < 1.29 is 18.3 Å². The molecular formula is C10H18N2O4S. The smallest absolute Gasteiger partial charge is 0.322 e. The molecule has 0 amide bonds. The Kier molecular flexibility index (Phi) is 5.10. The zero-order valence-corrected chi connectivity index (χ0v) is 10.4. The average molecular weight is 262 g/mol. The average Bonchev–Trinajstić information content (AvgIpc) is 2.29. The van der Waals surface area contributed by atoms with E-state index < -0.39 is 22.2 Å². The first-order chi connectivity index (χ1) is 7.99. The highest BCUT2D eigenvalue weighted by Gasteiger charge is 2.36. The van der Waals surface area contributed by atoms with Crippen molar-refractivity contribution in [3.8, 4) is 0 Å². The Morgan fingerprint density at radius 1 is 1.53 bits per heavy atom. The Bertz CT molecular complexity index is 380. The number of piperidine rings is 1. The third-order valence-corrected chi connectivity index (χ3v) is 4.30. The fourth-order valence-electron chi connectivity index (χ4n) is 1.81. The number of carbonyl (C=O) groups is 1. The van der Waals surface area contributed by atoms with Gasteiger partial charge in [-0.15, -0.1) is 6.58 Å². The van der Waals surface area contributed by atoms with Gasteiger partial charge in [0, 0.05) is 13.1 Å². The number of nitrogens with one attached hydrogen (secondary N) is 1. The molecule has 6 nitrogen and oxygen atoms in total. The van der Waals surface area contributed by atoms with Gasteiger partial charge in [0.1, 0.15) is 6.04 Å². The van der Waals surface area contributed by atoms with Gasteiger partial charge in [-0.05, 0) is 25.7 Å². The summed E-state index contributed by atoms with van der Waals surface area (Å²) in [7, 11) is -3.70. The minimum atomic E-state index is -3.70. The van der Waals surface area contributed by atoms with Crippen LogP contribution in [0.1, 0.15) is 25.7 Å². The van der Waals surface area contributed by atoms with Gasteiger partial charge in [-0.3, -0.25) is 4.79 Å². The highest BCUT2D eigenvalue weighted by atomic mass is 32.2. The Hall–Kier alpha value is -0.920. The standard InChI is InChI=1S/C10H18N2O4S/c1-2-3-7-11-17(15,16)12-8-5-4-6-9(12)10(13)14/h2,9,11H,1,3-8H2,(H,13,14). The van der Waals surface area contributed by atoms with E-state index in [1.807, 2.05) is 0 Å². The van der Waals surface area contributed by atoms with Crippen LogP contribution in [0, 0.1) is 0 Å². The molecule has 2 N–H and O–H groups in total. The third-order valence-electron chi connectivity index (χ3n) is 2.68. The van der Waals surface area contributed by atoms with Crippen LogP contribution in [0.15, 0.2) is 12.7 Å². The van der Waals surface area contributed by atoms with Crippen molar-refractivity contribution in [3.63, 3.8) is 0 Å². The van der Waals surface area contributed by atoms with Crippen molar-refractivity contribution in [2.45, 2.75) is 31.7 Å². The molecule has 1 unspecified atom stereocenters. The molecule has 1 aliphatic heterocycles. The van der Waals surface area contributed by atoms with Crippen LogP contribution in [0.25, 0.3) is 0 Å². The summed E-state index contributed by atoms with van der Waals surface area (Å²) in [4.78, 5) is 11.0. The second-order valence-electron chi connectivity index (χ2n) is 3.94. The monoisotopic (exact) mass is 262 g/mol. The van der Waals surface area contributed by atoms with E-state index in [9.17, 15) is 13.2 Å². The summed E-state index contributed by atoms with van der Waals surface area (Å²) in [5, 5.41) is 8.99. The zero-order chi connectivity index (χ0) is 12.9. The van der Waals surface area contributed by atoms with Crippen LogP contribution in [0.2, 0.25) is 0 Å². The van der Waals surface area contributed by atoms with E-state index >= 15 is 0 Å². The number of rotatable bonds is 6. The van der Waals surface area contributed by atoms with Crippen LogP contribution in [0.4, 0.5) is 0 Å². The number of carboxylic acids is 1. The largest absolute Gasteiger partial charge is 0.480 e. The molecule has 0 aromatic heterocycles. The molecule has 98 valence electrons. The summed E-state index contributed by atoms with van der Waals surface area (Å²) in [5.74, 6) is -1.08. The number of aliphatic carboxylic acids is 1. The van der Waals surface area contributed by atoms with Crippen LogP contribution >= 0.6 is 0 Å². The Morgan fingerprint density at radius 3 is 2.82 bits per heavy atom. The van der Waals surface area contributed by atoms with Gasteiger partial charge < -0.3 is 5.11 Å². The summed E-state index contributed by atoms with van der Waals surface area (Å²) < 4.78 is 27.2. The van der Waals surface area contributed by atoms with E-state index in [1.54, 1.807) is 6.08 Å². The number of hydrogen-bond acceptors (Lipinski definition) is 3. The number of nitrogens with zero attached hydrogens (tertiary/aromatic N) is 1. The fraction of sp³-hybridized carbons (Fsp3) is 0.700. The molecule has 1 aliphatic rings. The van der Waals surface area contributed by atoms with Crippen LogP contribution in [0.3, 0.4) is 0 Å². The maximum absolute atomic E-state index is 11.9. The van der Waals surface area contributed by atoms with Gasteiger partial charge in [-0.1, -0.05) is 6.08 Å². The van der Waals surface area contributed by atoms with E-state index in [-0.39, 0.29) is 13.1 Å². The van der Waals surface area contributed by atoms with Crippen molar-refractivity contribution in [3.05, 3.63) is 12.7 Å². The van der Waals surface area contributed by atoms with E-state index in [2.05, 4.69) is 11.3 Å². The van der Waals surface area contributed by atoms with Crippen LogP contribution in [0.5, 0.6) is 0 Å². The van der Waals surface area contributed by atoms with Crippen molar-refractivity contribution in [1.82, 2.24) is 9.03 Å². The highest BCUT2D eigenvalue weighted by molar-refractivity contribution is 7.87. The quantitative estimate of drug-likeness (QED) is 0.533. The molecule has 0 aromatic carbocycles. The summed E-state index contributed by atoms with van der Waals surface area (Å²) in [5.41, 5.74) is 0. The molecule has 0 bridgehead atoms. The topological polar surface area (TPSA) is 86.7 Å². The summed E-state index contributed by atoms with van der Waals surface area (Å²) >= 11 is 0. The van der Waals surface area contributed by atoms with Gasteiger partial charge in [-0.25, -0.2) is 4.72 Å². The van der Waals surface area contributed by atoms with Gasteiger partial charge in [0.15, 0.2) is 0 Å². The minimum Gasteiger partial charge on any atom is -0.480 e. The second-order valence-corrected chi connectivity index (χ2v) is 5.65. The highest BCUT2D eigenvalue weighted by Crippen LogP contribution is 2.19. The van der Waals surface area contributed by atoms with Crippen molar-refractivity contribution in [2.75, 3.05) is 13.1 Å².